The molecule has 4 amide bonds. The van der Waals surface area contributed by atoms with Crippen LogP contribution in [0.2, 0.25) is 0 Å². The molecule has 0 saturated carbocycles. The Hall–Kier alpha value is -3.30. The molecule has 10 heteroatoms. The number of hydrogen-bond acceptors (Lipinski definition) is 6. The van der Waals surface area contributed by atoms with E-state index < -0.39 is 41.5 Å². The number of aryl methyl sites for hydroxylation is 1. The number of aromatic hydroxyl groups is 1. The number of alkyl carbamates (subject to hydrolysis) is 1. The predicted octanol–water partition coefficient (Wildman–Crippen LogP) is 2.66. The van der Waals surface area contributed by atoms with Gasteiger partial charge in [0.1, 0.15) is 23.4 Å². The summed E-state index contributed by atoms with van der Waals surface area (Å²) in [6.07, 6.45) is 0.586. The highest BCUT2D eigenvalue weighted by Crippen LogP contribution is 2.26. The third-order valence-electron chi connectivity index (χ3n) is 5.30. The minimum atomic E-state index is -1.15. The van der Waals surface area contributed by atoms with Crippen LogP contribution in [-0.2, 0) is 19.1 Å². The first-order valence-corrected chi connectivity index (χ1v) is 11.8. The molecule has 0 fully saturated rings. The molecule has 0 spiro atoms. The average molecular weight is 493 g/mol. The van der Waals surface area contributed by atoms with Gasteiger partial charge in [-0.15, -0.1) is 0 Å². The van der Waals surface area contributed by atoms with Crippen molar-refractivity contribution in [3.63, 3.8) is 0 Å². The summed E-state index contributed by atoms with van der Waals surface area (Å²) in [5.74, 6) is -1.57. The standard InChI is InChI=1S/C25H40N4O6/c1-8-9-16(3)27-22(32)21(17-10-12-19(30)15(2)14-17)29(7)23(33)18(11-13-20(26)31)28-24(34)35-25(4,5)6/h10,12,14,16,18,21,30H,8-9,11,13H2,1-7H3,(H2,26,31)(H,27,32)(H,28,34). The summed E-state index contributed by atoms with van der Waals surface area (Å²) >= 11 is 0. The summed E-state index contributed by atoms with van der Waals surface area (Å²) in [6, 6.07) is 2.35. The van der Waals surface area contributed by atoms with E-state index in [1.807, 2.05) is 13.8 Å². The first-order chi connectivity index (χ1) is 16.2. The highest BCUT2D eigenvalue weighted by molar-refractivity contribution is 5.92. The summed E-state index contributed by atoms with van der Waals surface area (Å²) in [6.45, 7) is 10.6. The molecule has 0 aromatic heterocycles. The van der Waals surface area contributed by atoms with Gasteiger partial charge in [-0.25, -0.2) is 4.79 Å². The van der Waals surface area contributed by atoms with Crippen molar-refractivity contribution in [1.82, 2.24) is 15.5 Å². The number of carbonyl (C=O) groups is 4. The number of phenols is 1. The predicted molar refractivity (Wildman–Crippen MR) is 132 cm³/mol. The fraction of sp³-hybridized carbons (Fsp3) is 0.600. The molecule has 0 aliphatic heterocycles. The van der Waals surface area contributed by atoms with Crippen molar-refractivity contribution in [3.8, 4) is 5.75 Å². The van der Waals surface area contributed by atoms with Gasteiger partial charge in [-0.3, -0.25) is 14.4 Å². The Morgan fingerprint density at radius 2 is 1.77 bits per heavy atom. The molecular weight excluding hydrogens is 452 g/mol. The Kier molecular flexibility index (Phi) is 11.0. The number of rotatable bonds is 11. The summed E-state index contributed by atoms with van der Waals surface area (Å²) in [5, 5.41) is 15.4. The second-order valence-corrected chi connectivity index (χ2v) is 9.80. The largest absolute Gasteiger partial charge is 0.508 e. The highest BCUT2D eigenvalue weighted by Gasteiger charge is 2.34. The van der Waals surface area contributed by atoms with E-state index in [2.05, 4.69) is 10.6 Å². The van der Waals surface area contributed by atoms with Crippen molar-refractivity contribution >= 4 is 23.8 Å². The smallest absolute Gasteiger partial charge is 0.408 e. The monoisotopic (exact) mass is 492 g/mol. The average Bonchev–Trinajstić information content (AvgIpc) is 2.71. The second-order valence-electron chi connectivity index (χ2n) is 9.80. The summed E-state index contributed by atoms with van der Waals surface area (Å²) in [4.78, 5) is 51.8. The number of hydrogen-bond donors (Lipinski definition) is 4. The third-order valence-corrected chi connectivity index (χ3v) is 5.30. The Labute approximate surface area is 207 Å². The maximum atomic E-state index is 13.5. The number of phenolic OH excluding ortho intramolecular Hbond substituents is 1. The molecule has 35 heavy (non-hydrogen) atoms. The fourth-order valence-corrected chi connectivity index (χ4v) is 3.59. The number of amides is 4. The van der Waals surface area contributed by atoms with E-state index in [1.54, 1.807) is 39.8 Å². The van der Waals surface area contributed by atoms with Gasteiger partial charge in [0.25, 0.3) is 0 Å². The SMILES string of the molecule is CCCC(C)NC(=O)C(c1ccc(O)c(C)c1)N(C)C(=O)C(CCC(N)=O)NC(=O)OC(C)(C)C. The summed E-state index contributed by atoms with van der Waals surface area (Å²) in [7, 11) is 1.45. The lowest BCUT2D eigenvalue weighted by molar-refractivity contribution is -0.141. The number of nitrogens with two attached hydrogens (primary N) is 1. The fourth-order valence-electron chi connectivity index (χ4n) is 3.59. The van der Waals surface area contributed by atoms with E-state index in [9.17, 15) is 24.3 Å². The lowest BCUT2D eigenvalue weighted by atomic mass is 9.99. The number of nitrogens with zero attached hydrogens (tertiary/aromatic N) is 1. The van der Waals surface area contributed by atoms with Crippen molar-refractivity contribution in [1.29, 1.82) is 0 Å². The molecule has 0 bridgehead atoms. The van der Waals surface area contributed by atoms with E-state index in [1.165, 1.54) is 18.0 Å². The molecule has 5 N–H and O–H groups in total. The Morgan fingerprint density at radius 3 is 2.29 bits per heavy atom. The quantitative estimate of drug-likeness (QED) is 0.373. The number of ether oxygens (including phenoxy) is 1. The zero-order chi connectivity index (χ0) is 26.9. The topological polar surface area (TPSA) is 151 Å². The lowest BCUT2D eigenvalue weighted by Gasteiger charge is -2.32. The van der Waals surface area contributed by atoms with Gasteiger partial charge in [-0.05, 0) is 70.7 Å². The third kappa shape index (κ3) is 9.84. The molecule has 0 heterocycles. The summed E-state index contributed by atoms with van der Waals surface area (Å²) < 4.78 is 5.26. The molecule has 0 aliphatic carbocycles. The van der Waals surface area contributed by atoms with E-state index in [0.717, 1.165) is 12.8 Å². The number of benzene rings is 1. The van der Waals surface area contributed by atoms with Crippen LogP contribution in [0.1, 0.15) is 77.5 Å². The van der Waals surface area contributed by atoms with Crippen molar-refractivity contribution in [2.75, 3.05) is 7.05 Å². The van der Waals surface area contributed by atoms with Gasteiger partial charge in [0.2, 0.25) is 17.7 Å². The first-order valence-electron chi connectivity index (χ1n) is 11.8. The minimum Gasteiger partial charge on any atom is -0.508 e. The molecule has 3 unspecified atom stereocenters. The van der Waals surface area contributed by atoms with Gasteiger partial charge < -0.3 is 31.1 Å². The van der Waals surface area contributed by atoms with Crippen LogP contribution < -0.4 is 16.4 Å². The summed E-state index contributed by atoms with van der Waals surface area (Å²) in [5.41, 5.74) is 5.50. The lowest BCUT2D eigenvalue weighted by Crippen LogP contribution is -2.52. The normalized spacial score (nSPS) is 13.8. The van der Waals surface area contributed by atoms with E-state index in [-0.39, 0.29) is 24.6 Å². The maximum Gasteiger partial charge on any atom is 0.408 e. The molecule has 0 radical (unpaired) electrons. The van der Waals surface area contributed by atoms with Crippen LogP contribution in [0.15, 0.2) is 18.2 Å². The maximum absolute atomic E-state index is 13.5. The second kappa shape index (κ2) is 13.0. The van der Waals surface area contributed by atoms with Crippen molar-refractivity contribution in [2.24, 2.45) is 5.73 Å². The molecular formula is C25H40N4O6. The van der Waals surface area contributed by atoms with Crippen LogP contribution in [0, 0.1) is 6.92 Å². The number of carbonyl (C=O) groups excluding carboxylic acids is 4. The highest BCUT2D eigenvalue weighted by atomic mass is 16.6. The van der Waals surface area contributed by atoms with Gasteiger partial charge in [0.05, 0.1) is 0 Å². The molecule has 0 aliphatic rings. The van der Waals surface area contributed by atoms with Crippen molar-refractivity contribution in [3.05, 3.63) is 29.3 Å². The van der Waals surface area contributed by atoms with Crippen molar-refractivity contribution < 1.29 is 29.0 Å². The molecule has 0 saturated heterocycles. The van der Waals surface area contributed by atoms with Crippen LogP contribution >= 0.6 is 0 Å². The first kappa shape index (κ1) is 29.7. The van der Waals surface area contributed by atoms with Crippen LogP contribution in [0.3, 0.4) is 0 Å². The van der Waals surface area contributed by atoms with Crippen LogP contribution in [-0.4, -0.2) is 58.6 Å². The van der Waals surface area contributed by atoms with Crippen LogP contribution in [0.5, 0.6) is 5.75 Å². The van der Waals surface area contributed by atoms with E-state index >= 15 is 0 Å². The molecule has 1 rings (SSSR count). The van der Waals surface area contributed by atoms with Crippen LogP contribution in [0.4, 0.5) is 4.79 Å². The molecule has 196 valence electrons. The van der Waals surface area contributed by atoms with Gasteiger partial charge >= 0.3 is 6.09 Å². The van der Waals surface area contributed by atoms with Gasteiger partial charge in [0.15, 0.2) is 0 Å². The number of primary amides is 1. The van der Waals surface area contributed by atoms with E-state index in [0.29, 0.717) is 11.1 Å². The van der Waals surface area contributed by atoms with E-state index in [4.69, 9.17) is 10.5 Å². The molecule has 3 atom stereocenters. The van der Waals surface area contributed by atoms with Gasteiger partial charge in [0, 0.05) is 19.5 Å². The Balaban J connectivity index is 3.32. The number of nitrogens with one attached hydrogen (secondary N) is 2. The minimum absolute atomic E-state index is 0.0622. The van der Waals surface area contributed by atoms with Gasteiger partial charge in [-0.1, -0.05) is 19.4 Å². The molecule has 1 aromatic rings. The van der Waals surface area contributed by atoms with Gasteiger partial charge in [-0.2, -0.15) is 0 Å². The number of likely N-dealkylation sites (N-methyl/N-ethyl adjacent to an activating group) is 1. The zero-order valence-electron chi connectivity index (χ0n) is 21.8. The molecule has 10 nitrogen and oxygen atoms in total. The Bertz CT molecular complexity index is 912. The van der Waals surface area contributed by atoms with Crippen molar-refractivity contribution in [2.45, 2.75) is 91.0 Å². The molecule has 1 aromatic carbocycles. The Morgan fingerprint density at radius 1 is 1.14 bits per heavy atom. The zero-order valence-corrected chi connectivity index (χ0v) is 21.8. The van der Waals surface area contributed by atoms with Crippen LogP contribution in [0.25, 0.3) is 0 Å².